The Bertz CT molecular complexity index is 751. The molecule has 0 aliphatic carbocycles. The van der Waals surface area contributed by atoms with E-state index in [0.717, 1.165) is 49.2 Å². The van der Waals surface area contributed by atoms with Crippen LogP contribution in [0.15, 0.2) is 24.4 Å². The molecule has 0 radical (unpaired) electrons. The van der Waals surface area contributed by atoms with E-state index in [-0.39, 0.29) is 12.0 Å². The SMILES string of the molecule is Nc1ccc2c(c1)CCCN2C(=O)c1cn(CC2CCCO2)nn1. The molecule has 7 heteroatoms. The number of rotatable bonds is 3. The molecule has 126 valence electrons. The van der Waals surface area contributed by atoms with Crippen LogP contribution in [0.5, 0.6) is 0 Å². The lowest BCUT2D eigenvalue weighted by molar-refractivity contribution is 0.0933. The molecule has 2 aromatic rings. The van der Waals surface area contributed by atoms with Crippen molar-refractivity contribution in [2.24, 2.45) is 0 Å². The second-order valence-electron chi connectivity index (χ2n) is 6.41. The maximum absolute atomic E-state index is 12.8. The molecule has 0 bridgehead atoms. The molecule has 3 heterocycles. The third-order valence-electron chi connectivity index (χ3n) is 4.64. The van der Waals surface area contributed by atoms with E-state index in [9.17, 15) is 4.79 Å². The van der Waals surface area contributed by atoms with E-state index in [1.165, 1.54) is 0 Å². The highest BCUT2D eigenvalue weighted by Gasteiger charge is 2.26. The molecule has 7 nitrogen and oxygen atoms in total. The van der Waals surface area contributed by atoms with Crippen LogP contribution in [0.2, 0.25) is 0 Å². The van der Waals surface area contributed by atoms with Gasteiger partial charge in [-0.3, -0.25) is 4.79 Å². The Balaban J connectivity index is 1.53. The fourth-order valence-electron chi connectivity index (χ4n) is 3.45. The second-order valence-corrected chi connectivity index (χ2v) is 6.41. The monoisotopic (exact) mass is 327 g/mol. The number of benzene rings is 1. The van der Waals surface area contributed by atoms with E-state index in [1.807, 2.05) is 18.2 Å². The van der Waals surface area contributed by atoms with Crippen LogP contribution in [0.3, 0.4) is 0 Å². The maximum atomic E-state index is 12.8. The summed E-state index contributed by atoms with van der Waals surface area (Å²) in [6, 6.07) is 5.69. The normalized spacial score (nSPS) is 20.2. The average Bonchev–Trinajstić information content (AvgIpc) is 3.26. The van der Waals surface area contributed by atoms with Crippen molar-refractivity contribution in [2.45, 2.75) is 38.3 Å². The van der Waals surface area contributed by atoms with Gasteiger partial charge in [-0.25, -0.2) is 4.68 Å². The molecule has 2 aliphatic heterocycles. The van der Waals surface area contributed by atoms with Crippen molar-refractivity contribution in [2.75, 3.05) is 23.8 Å². The van der Waals surface area contributed by atoms with Crippen LogP contribution in [0.4, 0.5) is 11.4 Å². The lowest BCUT2D eigenvalue weighted by Crippen LogP contribution is -2.35. The molecule has 1 amide bonds. The summed E-state index contributed by atoms with van der Waals surface area (Å²) in [5.74, 6) is -0.112. The van der Waals surface area contributed by atoms with Gasteiger partial charge in [0.1, 0.15) is 0 Å². The smallest absolute Gasteiger partial charge is 0.280 e. The molecule has 1 saturated heterocycles. The number of fused-ring (bicyclic) bond motifs is 1. The third kappa shape index (κ3) is 2.87. The lowest BCUT2D eigenvalue weighted by Gasteiger charge is -2.29. The summed E-state index contributed by atoms with van der Waals surface area (Å²) in [7, 11) is 0. The van der Waals surface area contributed by atoms with Gasteiger partial charge >= 0.3 is 0 Å². The molecule has 4 rings (SSSR count). The number of hydrogen-bond donors (Lipinski definition) is 1. The van der Waals surface area contributed by atoms with Crippen molar-refractivity contribution < 1.29 is 9.53 Å². The summed E-state index contributed by atoms with van der Waals surface area (Å²) in [4.78, 5) is 14.6. The number of nitrogens with two attached hydrogens (primary N) is 1. The van der Waals surface area contributed by atoms with E-state index in [1.54, 1.807) is 15.8 Å². The topological polar surface area (TPSA) is 86.3 Å². The minimum absolute atomic E-state index is 0.112. The molecule has 1 fully saturated rings. The molecular formula is C17H21N5O2. The summed E-state index contributed by atoms with van der Waals surface area (Å²) in [6.07, 6.45) is 5.87. The van der Waals surface area contributed by atoms with Crippen LogP contribution in [0.1, 0.15) is 35.3 Å². The zero-order valence-electron chi connectivity index (χ0n) is 13.5. The molecule has 1 aromatic carbocycles. The molecule has 0 saturated carbocycles. The van der Waals surface area contributed by atoms with E-state index < -0.39 is 0 Å². The van der Waals surface area contributed by atoms with Crippen LogP contribution in [-0.2, 0) is 17.7 Å². The summed E-state index contributed by atoms with van der Waals surface area (Å²) in [6.45, 7) is 2.14. The number of nitrogens with zero attached hydrogens (tertiary/aromatic N) is 4. The van der Waals surface area contributed by atoms with Gasteiger partial charge in [0, 0.05) is 24.5 Å². The number of ether oxygens (including phenoxy) is 1. The van der Waals surface area contributed by atoms with Crippen molar-refractivity contribution in [1.82, 2.24) is 15.0 Å². The van der Waals surface area contributed by atoms with E-state index >= 15 is 0 Å². The van der Waals surface area contributed by atoms with Crippen molar-refractivity contribution >= 4 is 17.3 Å². The largest absolute Gasteiger partial charge is 0.399 e. The third-order valence-corrected chi connectivity index (χ3v) is 4.64. The molecule has 24 heavy (non-hydrogen) atoms. The predicted molar refractivity (Wildman–Crippen MR) is 89.8 cm³/mol. The van der Waals surface area contributed by atoms with Gasteiger partial charge in [-0.1, -0.05) is 5.21 Å². The Hall–Kier alpha value is -2.41. The van der Waals surface area contributed by atoms with E-state index in [0.29, 0.717) is 18.8 Å². The standard InChI is InChI=1S/C17H21N5O2/c18-13-5-6-16-12(9-13)3-1-7-22(16)17(23)15-11-21(20-19-15)10-14-4-2-8-24-14/h5-6,9,11,14H,1-4,7-8,10,18H2. The Morgan fingerprint density at radius 1 is 1.38 bits per heavy atom. The van der Waals surface area contributed by atoms with Crippen LogP contribution in [0, 0.1) is 0 Å². The van der Waals surface area contributed by atoms with Gasteiger partial charge in [0.25, 0.3) is 5.91 Å². The number of carbonyl (C=O) groups is 1. The average molecular weight is 327 g/mol. The first kappa shape index (κ1) is 15.1. The first-order valence-corrected chi connectivity index (χ1v) is 8.43. The van der Waals surface area contributed by atoms with Gasteiger partial charge in [-0.15, -0.1) is 5.10 Å². The Kier molecular flexibility index (Phi) is 3.93. The molecule has 0 spiro atoms. The zero-order chi connectivity index (χ0) is 16.5. The second kappa shape index (κ2) is 6.24. The van der Waals surface area contributed by atoms with Gasteiger partial charge in [-0.2, -0.15) is 0 Å². The highest BCUT2D eigenvalue weighted by molar-refractivity contribution is 6.05. The highest BCUT2D eigenvalue weighted by atomic mass is 16.5. The minimum Gasteiger partial charge on any atom is -0.399 e. The fraction of sp³-hybridized carbons (Fsp3) is 0.471. The number of carbonyl (C=O) groups excluding carboxylic acids is 1. The molecule has 1 atom stereocenters. The van der Waals surface area contributed by atoms with Crippen molar-refractivity contribution in [3.63, 3.8) is 0 Å². The maximum Gasteiger partial charge on any atom is 0.280 e. The van der Waals surface area contributed by atoms with Gasteiger partial charge in [0.15, 0.2) is 5.69 Å². The van der Waals surface area contributed by atoms with Crippen molar-refractivity contribution in [1.29, 1.82) is 0 Å². The van der Waals surface area contributed by atoms with Crippen molar-refractivity contribution in [3.05, 3.63) is 35.7 Å². The first-order chi connectivity index (χ1) is 11.7. The zero-order valence-corrected chi connectivity index (χ0v) is 13.5. The molecule has 2 N–H and O–H groups in total. The van der Waals surface area contributed by atoms with Gasteiger partial charge < -0.3 is 15.4 Å². The Morgan fingerprint density at radius 3 is 3.12 bits per heavy atom. The number of anilines is 2. The predicted octanol–water partition coefficient (Wildman–Crippen LogP) is 1.63. The first-order valence-electron chi connectivity index (χ1n) is 8.43. The van der Waals surface area contributed by atoms with Gasteiger partial charge in [-0.05, 0) is 49.4 Å². The lowest BCUT2D eigenvalue weighted by atomic mass is 10.0. The molecule has 1 unspecified atom stereocenters. The number of aromatic nitrogens is 3. The number of nitrogen functional groups attached to an aromatic ring is 1. The molecule has 2 aliphatic rings. The summed E-state index contributed by atoms with van der Waals surface area (Å²) >= 11 is 0. The Labute approximate surface area is 140 Å². The summed E-state index contributed by atoms with van der Waals surface area (Å²) in [5.41, 5.74) is 8.99. The van der Waals surface area contributed by atoms with Gasteiger partial charge in [0.05, 0.1) is 18.8 Å². The highest BCUT2D eigenvalue weighted by Crippen LogP contribution is 2.29. The Morgan fingerprint density at radius 2 is 2.29 bits per heavy atom. The van der Waals surface area contributed by atoms with Crippen LogP contribution >= 0.6 is 0 Å². The quantitative estimate of drug-likeness (QED) is 0.866. The number of amides is 1. The molecule has 1 aromatic heterocycles. The van der Waals surface area contributed by atoms with E-state index in [4.69, 9.17) is 10.5 Å². The van der Waals surface area contributed by atoms with E-state index in [2.05, 4.69) is 10.3 Å². The number of hydrogen-bond acceptors (Lipinski definition) is 5. The molecular weight excluding hydrogens is 306 g/mol. The van der Waals surface area contributed by atoms with Crippen LogP contribution in [-0.4, -0.2) is 40.2 Å². The minimum atomic E-state index is -0.112. The van der Waals surface area contributed by atoms with Gasteiger partial charge in [0.2, 0.25) is 0 Å². The van der Waals surface area contributed by atoms with Crippen LogP contribution in [0.25, 0.3) is 0 Å². The van der Waals surface area contributed by atoms with Crippen LogP contribution < -0.4 is 10.6 Å². The van der Waals surface area contributed by atoms with Crippen molar-refractivity contribution in [3.8, 4) is 0 Å². The summed E-state index contributed by atoms with van der Waals surface area (Å²) < 4.78 is 7.31. The fourth-order valence-corrected chi connectivity index (χ4v) is 3.45. The number of aryl methyl sites for hydroxylation is 1. The summed E-state index contributed by atoms with van der Waals surface area (Å²) in [5, 5.41) is 8.15.